The highest BCUT2D eigenvalue weighted by Gasteiger charge is 2.16. The quantitative estimate of drug-likeness (QED) is 0.463. The van der Waals surface area contributed by atoms with Crippen molar-refractivity contribution in [1.82, 2.24) is 0 Å². The van der Waals surface area contributed by atoms with Crippen LogP contribution in [0.2, 0.25) is 0 Å². The average molecular weight is 435 g/mol. The molecule has 1 atom stereocenters. The van der Waals surface area contributed by atoms with Crippen molar-refractivity contribution in [3.05, 3.63) is 83.9 Å². The topological polar surface area (TPSA) is 67.4 Å². The third-order valence-electron chi connectivity index (χ3n) is 4.55. The molecule has 5 nitrogen and oxygen atoms in total. The second kappa shape index (κ2) is 10.7. The number of aryl methyl sites for hydroxylation is 2. The van der Waals surface area contributed by atoms with Crippen molar-refractivity contribution < 1.29 is 14.3 Å². The monoisotopic (exact) mass is 434 g/mol. The molecule has 6 heteroatoms. The number of rotatable bonds is 8. The molecule has 1 unspecified atom stereocenters. The maximum Gasteiger partial charge on any atom is 0.262 e. The van der Waals surface area contributed by atoms with Crippen molar-refractivity contribution in [1.29, 1.82) is 0 Å². The second-order valence-corrected chi connectivity index (χ2v) is 8.66. The van der Waals surface area contributed by atoms with Crippen molar-refractivity contribution in [3.8, 4) is 5.75 Å². The fourth-order valence-corrected chi connectivity index (χ4v) is 3.88. The highest BCUT2D eigenvalue weighted by Crippen LogP contribution is 2.27. The van der Waals surface area contributed by atoms with Crippen LogP contribution in [-0.4, -0.2) is 23.7 Å². The molecule has 0 radical (unpaired) electrons. The molecule has 0 saturated heterocycles. The van der Waals surface area contributed by atoms with Gasteiger partial charge in [0.2, 0.25) is 5.91 Å². The SMILES string of the molecule is Cc1ccc(NC(=O)C(C)Sc2cccc(NC(=O)COc3ccccc3)c2)c(C)c1. The maximum absolute atomic E-state index is 12.6. The van der Waals surface area contributed by atoms with Gasteiger partial charge in [-0.05, 0) is 62.7 Å². The predicted molar refractivity (Wildman–Crippen MR) is 127 cm³/mol. The van der Waals surface area contributed by atoms with Crippen LogP contribution in [0, 0.1) is 13.8 Å². The van der Waals surface area contributed by atoms with Crippen LogP contribution in [0.15, 0.2) is 77.7 Å². The van der Waals surface area contributed by atoms with Gasteiger partial charge >= 0.3 is 0 Å². The molecule has 0 aromatic heterocycles. The van der Waals surface area contributed by atoms with E-state index in [9.17, 15) is 9.59 Å². The summed E-state index contributed by atoms with van der Waals surface area (Å²) in [4.78, 5) is 25.7. The number of anilines is 2. The fraction of sp³-hybridized carbons (Fsp3) is 0.200. The van der Waals surface area contributed by atoms with Crippen LogP contribution in [-0.2, 0) is 9.59 Å². The Kier molecular flexibility index (Phi) is 7.73. The molecule has 0 heterocycles. The number of para-hydroxylation sites is 1. The van der Waals surface area contributed by atoms with Gasteiger partial charge in [0, 0.05) is 16.3 Å². The summed E-state index contributed by atoms with van der Waals surface area (Å²) >= 11 is 1.44. The van der Waals surface area contributed by atoms with Crippen LogP contribution >= 0.6 is 11.8 Å². The van der Waals surface area contributed by atoms with Crippen LogP contribution in [0.5, 0.6) is 5.75 Å². The van der Waals surface area contributed by atoms with Gasteiger partial charge in [-0.3, -0.25) is 9.59 Å². The zero-order valence-corrected chi connectivity index (χ0v) is 18.7. The van der Waals surface area contributed by atoms with Gasteiger partial charge in [0.15, 0.2) is 6.61 Å². The molecule has 0 aliphatic rings. The van der Waals surface area contributed by atoms with Gasteiger partial charge < -0.3 is 15.4 Å². The standard InChI is InChI=1S/C25H26N2O3S/c1-17-12-13-23(18(2)14-17)27-25(29)19(3)31-22-11-7-8-20(15-22)26-24(28)16-30-21-9-5-4-6-10-21/h4-15,19H,16H2,1-3H3,(H,26,28)(H,27,29). The van der Waals surface area contributed by atoms with E-state index in [1.54, 1.807) is 12.1 Å². The van der Waals surface area contributed by atoms with Crippen LogP contribution < -0.4 is 15.4 Å². The number of carbonyl (C=O) groups is 2. The number of amides is 2. The third-order valence-corrected chi connectivity index (χ3v) is 5.65. The van der Waals surface area contributed by atoms with Crippen LogP contribution in [0.25, 0.3) is 0 Å². The lowest BCUT2D eigenvalue weighted by atomic mass is 10.1. The summed E-state index contributed by atoms with van der Waals surface area (Å²) < 4.78 is 5.47. The molecule has 160 valence electrons. The summed E-state index contributed by atoms with van der Waals surface area (Å²) in [7, 11) is 0. The Balaban J connectivity index is 1.54. The minimum Gasteiger partial charge on any atom is -0.484 e. The Morgan fingerprint density at radius 1 is 0.935 bits per heavy atom. The van der Waals surface area contributed by atoms with E-state index in [0.717, 1.165) is 21.7 Å². The lowest BCUT2D eigenvalue weighted by molar-refractivity contribution is -0.118. The Bertz CT molecular complexity index is 1050. The van der Waals surface area contributed by atoms with E-state index in [2.05, 4.69) is 10.6 Å². The largest absolute Gasteiger partial charge is 0.484 e. The minimum atomic E-state index is -0.298. The number of benzene rings is 3. The van der Waals surface area contributed by atoms with Crippen molar-refractivity contribution in [3.63, 3.8) is 0 Å². The fourth-order valence-electron chi connectivity index (χ4n) is 2.96. The maximum atomic E-state index is 12.6. The molecular formula is C25H26N2O3S. The Morgan fingerprint density at radius 2 is 1.71 bits per heavy atom. The lowest BCUT2D eigenvalue weighted by Gasteiger charge is -2.14. The van der Waals surface area contributed by atoms with E-state index in [4.69, 9.17) is 4.74 Å². The molecule has 2 N–H and O–H groups in total. The first kappa shape index (κ1) is 22.4. The number of carbonyl (C=O) groups excluding carboxylic acids is 2. The summed E-state index contributed by atoms with van der Waals surface area (Å²) in [6, 6.07) is 22.6. The first-order valence-electron chi connectivity index (χ1n) is 10.0. The normalized spacial score (nSPS) is 11.5. The van der Waals surface area contributed by atoms with Gasteiger partial charge in [-0.15, -0.1) is 11.8 Å². The molecule has 2 amide bonds. The summed E-state index contributed by atoms with van der Waals surface area (Å²) in [6.45, 7) is 5.79. The van der Waals surface area contributed by atoms with E-state index >= 15 is 0 Å². The van der Waals surface area contributed by atoms with Gasteiger partial charge in [0.05, 0.1) is 5.25 Å². The van der Waals surface area contributed by atoms with Crippen molar-refractivity contribution in [2.75, 3.05) is 17.2 Å². The number of hydrogen-bond acceptors (Lipinski definition) is 4. The predicted octanol–water partition coefficient (Wildman–Crippen LogP) is 5.44. The van der Waals surface area contributed by atoms with Crippen molar-refractivity contribution in [2.45, 2.75) is 30.9 Å². The first-order valence-corrected chi connectivity index (χ1v) is 10.9. The Morgan fingerprint density at radius 3 is 2.45 bits per heavy atom. The van der Waals surface area contributed by atoms with E-state index in [1.807, 2.05) is 81.4 Å². The number of nitrogens with one attached hydrogen (secondary N) is 2. The third kappa shape index (κ3) is 6.89. The van der Waals surface area contributed by atoms with Gasteiger partial charge in [-0.2, -0.15) is 0 Å². The molecule has 0 fully saturated rings. The number of hydrogen-bond donors (Lipinski definition) is 2. The molecule has 3 aromatic carbocycles. The molecule has 0 saturated carbocycles. The van der Waals surface area contributed by atoms with Crippen molar-refractivity contribution >= 4 is 35.0 Å². The Hall–Kier alpha value is -3.25. The van der Waals surface area contributed by atoms with Crippen LogP contribution in [0.4, 0.5) is 11.4 Å². The zero-order chi connectivity index (χ0) is 22.2. The molecule has 3 aromatic rings. The molecule has 31 heavy (non-hydrogen) atoms. The summed E-state index contributed by atoms with van der Waals surface area (Å²) in [5, 5.41) is 5.52. The summed E-state index contributed by atoms with van der Waals surface area (Å²) in [6.07, 6.45) is 0. The van der Waals surface area contributed by atoms with Gasteiger partial charge in [0.25, 0.3) is 5.91 Å². The van der Waals surface area contributed by atoms with Gasteiger partial charge in [-0.25, -0.2) is 0 Å². The van der Waals surface area contributed by atoms with Crippen LogP contribution in [0.1, 0.15) is 18.1 Å². The van der Waals surface area contributed by atoms with E-state index in [1.165, 1.54) is 11.8 Å². The smallest absolute Gasteiger partial charge is 0.262 e. The molecule has 0 aliphatic carbocycles. The van der Waals surface area contributed by atoms with Crippen LogP contribution in [0.3, 0.4) is 0 Å². The molecule has 3 rings (SSSR count). The van der Waals surface area contributed by atoms with Gasteiger partial charge in [0.1, 0.15) is 5.75 Å². The number of ether oxygens (including phenoxy) is 1. The minimum absolute atomic E-state index is 0.0670. The molecular weight excluding hydrogens is 408 g/mol. The summed E-state index contributed by atoms with van der Waals surface area (Å²) in [5.74, 6) is 0.333. The van der Waals surface area contributed by atoms with E-state index < -0.39 is 0 Å². The second-order valence-electron chi connectivity index (χ2n) is 7.25. The van der Waals surface area contributed by atoms with E-state index in [-0.39, 0.29) is 23.7 Å². The molecule has 0 spiro atoms. The lowest BCUT2D eigenvalue weighted by Crippen LogP contribution is -2.23. The highest BCUT2D eigenvalue weighted by atomic mass is 32.2. The molecule has 0 bridgehead atoms. The number of thioether (sulfide) groups is 1. The van der Waals surface area contributed by atoms with E-state index in [0.29, 0.717) is 11.4 Å². The van der Waals surface area contributed by atoms with Crippen molar-refractivity contribution in [2.24, 2.45) is 0 Å². The molecule has 0 aliphatic heterocycles. The first-order chi connectivity index (χ1) is 14.9. The summed E-state index contributed by atoms with van der Waals surface area (Å²) in [5.41, 5.74) is 3.68. The van der Waals surface area contributed by atoms with Gasteiger partial charge in [-0.1, -0.05) is 42.0 Å². The highest BCUT2D eigenvalue weighted by molar-refractivity contribution is 8.00. The Labute approximate surface area is 187 Å². The average Bonchev–Trinajstić information content (AvgIpc) is 2.75. The zero-order valence-electron chi connectivity index (χ0n) is 17.8.